The molecule has 4 nitrogen and oxygen atoms in total. The highest BCUT2D eigenvalue weighted by Crippen LogP contribution is 2.24. The lowest BCUT2D eigenvalue weighted by molar-refractivity contribution is -0.115. The summed E-state index contributed by atoms with van der Waals surface area (Å²) in [5.41, 5.74) is 2.44. The van der Waals surface area contributed by atoms with E-state index < -0.39 is 0 Å². The molecule has 1 heterocycles. The van der Waals surface area contributed by atoms with Crippen LogP contribution in [0.1, 0.15) is 41.6 Å². The summed E-state index contributed by atoms with van der Waals surface area (Å²) in [6, 6.07) is 5.43. The van der Waals surface area contributed by atoms with Crippen LogP contribution in [0.4, 0.5) is 5.69 Å². The summed E-state index contributed by atoms with van der Waals surface area (Å²) in [5.74, 6) is 1.58. The third kappa shape index (κ3) is 4.86. The second-order valence-corrected chi connectivity index (χ2v) is 6.32. The quantitative estimate of drug-likeness (QED) is 0.544. The van der Waals surface area contributed by atoms with E-state index in [2.05, 4.69) is 5.32 Å². The van der Waals surface area contributed by atoms with E-state index in [0.29, 0.717) is 17.7 Å². The van der Waals surface area contributed by atoms with Gasteiger partial charge in [-0.2, -0.15) is 11.8 Å². The van der Waals surface area contributed by atoms with Gasteiger partial charge in [0.1, 0.15) is 0 Å². The Morgan fingerprint density at radius 3 is 2.86 bits per heavy atom. The number of anilines is 1. The summed E-state index contributed by atoms with van der Waals surface area (Å²) in [4.78, 5) is 23.4. The van der Waals surface area contributed by atoms with Crippen LogP contribution >= 0.6 is 11.8 Å². The number of thioether (sulfide) groups is 1. The molecule has 0 saturated heterocycles. The summed E-state index contributed by atoms with van der Waals surface area (Å²) >= 11 is 1.65. The Morgan fingerprint density at radius 1 is 1.24 bits per heavy atom. The van der Waals surface area contributed by atoms with Gasteiger partial charge in [-0.1, -0.05) is 12.8 Å². The predicted octanol–water partition coefficient (Wildman–Crippen LogP) is 2.65. The zero-order chi connectivity index (χ0) is 15.1. The molecule has 1 amide bonds. The van der Waals surface area contributed by atoms with Crippen molar-refractivity contribution in [2.75, 3.05) is 23.4 Å². The SMILES string of the molecule is O=C1Cc2cc(C(=O)CSCCCCCCO)ccc2N1. The minimum atomic E-state index is -0.00754. The van der Waals surface area contributed by atoms with Gasteiger partial charge in [0.25, 0.3) is 0 Å². The van der Waals surface area contributed by atoms with Gasteiger partial charge < -0.3 is 10.4 Å². The zero-order valence-electron chi connectivity index (χ0n) is 12.1. The second kappa shape index (κ2) is 8.20. The average molecular weight is 307 g/mol. The summed E-state index contributed by atoms with van der Waals surface area (Å²) in [6.07, 6.45) is 4.48. The minimum absolute atomic E-state index is 0.00754. The van der Waals surface area contributed by atoms with Crippen LogP contribution in [0.3, 0.4) is 0 Å². The van der Waals surface area contributed by atoms with Crippen LogP contribution < -0.4 is 5.32 Å². The standard InChI is InChI=1S/C16H21NO3S/c18-7-3-1-2-4-8-21-11-15(19)12-5-6-14-13(9-12)10-16(20)17-14/h5-6,9,18H,1-4,7-8,10-11H2,(H,17,20). The fourth-order valence-electron chi connectivity index (χ4n) is 2.32. The summed E-state index contributed by atoms with van der Waals surface area (Å²) < 4.78 is 0. The van der Waals surface area contributed by atoms with E-state index in [4.69, 9.17) is 5.11 Å². The first-order valence-corrected chi connectivity index (χ1v) is 8.51. The van der Waals surface area contributed by atoms with E-state index in [1.54, 1.807) is 17.8 Å². The molecule has 2 N–H and O–H groups in total. The number of aliphatic hydroxyl groups excluding tert-OH is 1. The molecule has 0 aliphatic carbocycles. The van der Waals surface area contributed by atoms with E-state index in [9.17, 15) is 9.59 Å². The molecule has 0 radical (unpaired) electrons. The average Bonchev–Trinajstić information content (AvgIpc) is 2.85. The van der Waals surface area contributed by atoms with Gasteiger partial charge in [-0.15, -0.1) is 0 Å². The van der Waals surface area contributed by atoms with E-state index in [1.165, 1.54) is 0 Å². The lowest BCUT2D eigenvalue weighted by atomic mass is 10.1. The van der Waals surface area contributed by atoms with Crippen LogP contribution in [0.25, 0.3) is 0 Å². The van der Waals surface area contributed by atoms with Gasteiger partial charge in [0.05, 0.1) is 12.2 Å². The maximum atomic E-state index is 12.1. The van der Waals surface area contributed by atoms with Crippen LogP contribution in [0, 0.1) is 0 Å². The molecular formula is C16H21NO3S. The van der Waals surface area contributed by atoms with Crippen molar-refractivity contribution in [3.8, 4) is 0 Å². The molecule has 0 spiro atoms. The number of unbranched alkanes of at least 4 members (excludes halogenated alkanes) is 3. The predicted molar refractivity (Wildman–Crippen MR) is 86.0 cm³/mol. The number of benzene rings is 1. The first-order valence-electron chi connectivity index (χ1n) is 7.35. The first kappa shape index (κ1) is 16.0. The Kier molecular flexibility index (Phi) is 6.26. The monoisotopic (exact) mass is 307 g/mol. The largest absolute Gasteiger partial charge is 0.396 e. The fourth-order valence-corrected chi connectivity index (χ4v) is 3.23. The van der Waals surface area contributed by atoms with Crippen LogP contribution in [-0.4, -0.2) is 34.9 Å². The van der Waals surface area contributed by atoms with Crippen molar-refractivity contribution in [2.45, 2.75) is 32.1 Å². The molecule has 0 unspecified atom stereocenters. The summed E-state index contributed by atoms with van der Waals surface area (Å²) in [7, 11) is 0. The molecule has 114 valence electrons. The van der Waals surface area contributed by atoms with Crippen molar-refractivity contribution in [3.63, 3.8) is 0 Å². The highest BCUT2D eigenvalue weighted by Gasteiger charge is 2.18. The van der Waals surface area contributed by atoms with Gasteiger partial charge in [-0.05, 0) is 42.4 Å². The van der Waals surface area contributed by atoms with Gasteiger partial charge in [-0.3, -0.25) is 9.59 Å². The first-order chi connectivity index (χ1) is 10.2. The number of hydrogen-bond acceptors (Lipinski definition) is 4. The van der Waals surface area contributed by atoms with Crippen molar-refractivity contribution in [1.29, 1.82) is 0 Å². The van der Waals surface area contributed by atoms with Crippen molar-refractivity contribution >= 4 is 29.1 Å². The third-order valence-electron chi connectivity index (χ3n) is 3.48. The van der Waals surface area contributed by atoms with Crippen molar-refractivity contribution < 1.29 is 14.7 Å². The van der Waals surface area contributed by atoms with Crippen LogP contribution in [0.5, 0.6) is 0 Å². The van der Waals surface area contributed by atoms with Gasteiger partial charge in [0, 0.05) is 17.9 Å². The maximum absolute atomic E-state index is 12.1. The van der Waals surface area contributed by atoms with E-state index in [1.807, 2.05) is 12.1 Å². The second-order valence-electron chi connectivity index (χ2n) is 5.21. The molecule has 0 atom stereocenters. The number of Topliss-reactive ketones (excluding diaryl/α,β-unsaturated/α-hetero) is 1. The third-order valence-corrected chi connectivity index (χ3v) is 4.53. The molecule has 1 aliphatic heterocycles. The van der Waals surface area contributed by atoms with E-state index in [0.717, 1.165) is 42.7 Å². The van der Waals surface area contributed by atoms with Crippen LogP contribution in [-0.2, 0) is 11.2 Å². The number of carbonyl (C=O) groups excluding carboxylic acids is 2. The lowest BCUT2D eigenvalue weighted by Crippen LogP contribution is -2.03. The molecule has 0 saturated carbocycles. The molecule has 1 aliphatic rings. The molecule has 0 aromatic heterocycles. The van der Waals surface area contributed by atoms with Crippen LogP contribution in [0.15, 0.2) is 18.2 Å². The Morgan fingerprint density at radius 2 is 2.05 bits per heavy atom. The Labute approximate surface area is 129 Å². The molecular weight excluding hydrogens is 286 g/mol. The number of carbonyl (C=O) groups is 2. The number of rotatable bonds is 9. The van der Waals surface area contributed by atoms with Crippen molar-refractivity contribution in [3.05, 3.63) is 29.3 Å². The zero-order valence-corrected chi connectivity index (χ0v) is 12.9. The molecule has 0 fully saturated rings. The number of aliphatic hydroxyl groups is 1. The number of nitrogens with one attached hydrogen (secondary N) is 1. The maximum Gasteiger partial charge on any atom is 0.228 e. The van der Waals surface area contributed by atoms with Crippen molar-refractivity contribution in [2.24, 2.45) is 0 Å². The smallest absolute Gasteiger partial charge is 0.228 e. The molecule has 21 heavy (non-hydrogen) atoms. The van der Waals surface area contributed by atoms with Gasteiger partial charge >= 0.3 is 0 Å². The minimum Gasteiger partial charge on any atom is -0.396 e. The number of hydrogen-bond donors (Lipinski definition) is 2. The van der Waals surface area contributed by atoms with E-state index >= 15 is 0 Å². The fraction of sp³-hybridized carbons (Fsp3) is 0.500. The Balaban J connectivity index is 1.72. The Hall–Kier alpha value is -1.33. The normalized spacial score (nSPS) is 13.1. The topological polar surface area (TPSA) is 66.4 Å². The van der Waals surface area contributed by atoms with Crippen molar-refractivity contribution in [1.82, 2.24) is 0 Å². The Bertz CT molecular complexity index is 516. The number of ketones is 1. The van der Waals surface area contributed by atoms with E-state index in [-0.39, 0.29) is 18.3 Å². The number of fused-ring (bicyclic) bond motifs is 1. The molecule has 2 rings (SSSR count). The summed E-state index contributed by atoms with van der Waals surface area (Å²) in [6.45, 7) is 0.265. The summed E-state index contributed by atoms with van der Waals surface area (Å²) in [5, 5.41) is 11.4. The van der Waals surface area contributed by atoms with Gasteiger partial charge in [0.2, 0.25) is 5.91 Å². The molecule has 1 aromatic rings. The lowest BCUT2D eigenvalue weighted by Gasteiger charge is -2.04. The number of amides is 1. The molecule has 5 heteroatoms. The highest BCUT2D eigenvalue weighted by atomic mass is 32.2. The van der Waals surface area contributed by atoms with Gasteiger partial charge in [-0.25, -0.2) is 0 Å². The molecule has 0 bridgehead atoms. The highest BCUT2D eigenvalue weighted by molar-refractivity contribution is 7.99. The van der Waals surface area contributed by atoms with Crippen LogP contribution in [0.2, 0.25) is 0 Å². The molecule has 1 aromatic carbocycles. The van der Waals surface area contributed by atoms with Gasteiger partial charge in [0.15, 0.2) is 5.78 Å².